The Bertz CT molecular complexity index is 719. The van der Waals surface area contributed by atoms with Gasteiger partial charge >= 0.3 is 0 Å². The highest BCUT2D eigenvalue weighted by molar-refractivity contribution is 5.76. The van der Waals surface area contributed by atoms with Crippen LogP contribution in [0.4, 0.5) is 25.8 Å². The highest BCUT2D eigenvalue weighted by Crippen LogP contribution is 2.34. The summed E-state index contributed by atoms with van der Waals surface area (Å²) in [6.07, 6.45) is 0. The molecule has 0 saturated carbocycles. The van der Waals surface area contributed by atoms with E-state index in [1.54, 1.807) is 24.3 Å². The molecule has 0 unspecified atom stereocenters. The van der Waals surface area contributed by atoms with Crippen LogP contribution >= 0.6 is 0 Å². The second-order valence-electron chi connectivity index (χ2n) is 5.13. The van der Waals surface area contributed by atoms with Crippen molar-refractivity contribution in [3.05, 3.63) is 90.0 Å². The van der Waals surface area contributed by atoms with Gasteiger partial charge in [0.2, 0.25) is 0 Å². The number of rotatable bonds is 3. The molecular weight excluding hydrogens is 280 g/mol. The first kappa shape index (κ1) is 14.3. The van der Waals surface area contributed by atoms with Gasteiger partial charge in [-0.2, -0.15) is 0 Å². The van der Waals surface area contributed by atoms with E-state index < -0.39 is 0 Å². The molecule has 3 aromatic carbocycles. The second-order valence-corrected chi connectivity index (χ2v) is 5.13. The minimum Gasteiger partial charge on any atom is -0.310 e. The zero-order valence-electron chi connectivity index (χ0n) is 12.1. The number of halogens is 2. The molecular formula is C19H15F2N. The standard InChI is InChI=1S/C19H15F2N/c1-14-3-2-4-19(13-14)22(17-9-5-15(20)6-10-17)18-11-7-16(21)8-12-18/h2-13H,1H3. The lowest BCUT2D eigenvalue weighted by Crippen LogP contribution is -2.10. The minimum atomic E-state index is -0.285. The van der Waals surface area contributed by atoms with Crippen LogP contribution in [-0.4, -0.2) is 0 Å². The van der Waals surface area contributed by atoms with Crippen LogP contribution in [0.15, 0.2) is 72.8 Å². The first-order valence-corrected chi connectivity index (χ1v) is 7.01. The average molecular weight is 295 g/mol. The average Bonchev–Trinajstić information content (AvgIpc) is 2.51. The molecule has 0 heterocycles. The summed E-state index contributed by atoms with van der Waals surface area (Å²) in [5, 5.41) is 0. The molecule has 22 heavy (non-hydrogen) atoms. The second kappa shape index (κ2) is 5.98. The Labute approximate surface area is 128 Å². The van der Waals surface area contributed by atoms with E-state index in [9.17, 15) is 8.78 Å². The van der Waals surface area contributed by atoms with Gasteiger partial charge in [-0.1, -0.05) is 12.1 Å². The topological polar surface area (TPSA) is 3.24 Å². The third-order valence-electron chi connectivity index (χ3n) is 3.43. The molecule has 3 rings (SSSR count). The zero-order chi connectivity index (χ0) is 15.5. The van der Waals surface area contributed by atoms with Crippen molar-refractivity contribution in [2.75, 3.05) is 4.90 Å². The Hall–Kier alpha value is -2.68. The monoisotopic (exact) mass is 295 g/mol. The van der Waals surface area contributed by atoms with Gasteiger partial charge in [0.15, 0.2) is 0 Å². The predicted octanol–water partition coefficient (Wildman–Crippen LogP) is 5.74. The maximum atomic E-state index is 13.2. The Morgan fingerprint density at radius 1 is 0.636 bits per heavy atom. The molecule has 0 bridgehead atoms. The van der Waals surface area contributed by atoms with E-state index in [0.29, 0.717) is 0 Å². The summed E-state index contributed by atoms with van der Waals surface area (Å²) in [5.74, 6) is -0.570. The van der Waals surface area contributed by atoms with Crippen molar-refractivity contribution in [2.45, 2.75) is 6.92 Å². The maximum absolute atomic E-state index is 13.2. The molecule has 0 aliphatic carbocycles. The number of nitrogens with zero attached hydrogens (tertiary/aromatic N) is 1. The Morgan fingerprint density at radius 3 is 1.59 bits per heavy atom. The fourth-order valence-electron chi connectivity index (χ4n) is 2.39. The summed E-state index contributed by atoms with van der Waals surface area (Å²) in [4.78, 5) is 1.96. The summed E-state index contributed by atoms with van der Waals surface area (Å²) in [6.45, 7) is 2.01. The highest BCUT2D eigenvalue weighted by atomic mass is 19.1. The number of anilines is 3. The van der Waals surface area contributed by atoms with Crippen LogP contribution in [0.1, 0.15) is 5.56 Å². The van der Waals surface area contributed by atoms with Crippen LogP contribution in [0.25, 0.3) is 0 Å². The first-order chi connectivity index (χ1) is 10.6. The van der Waals surface area contributed by atoms with Crippen molar-refractivity contribution in [1.82, 2.24) is 0 Å². The summed E-state index contributed by atoms with van der Waals surface area (Å²) in [5.41, 5.74) is 3.70. The van der Waals surface area contributed by atoms with E-state index in [0.717, 1.165) is 22.6 Å². The number of hydrogen-bond donors (Lipinski definition) is 0. The van der Waals surface area contributed by atoms with Crippen LogP contribution in [0.3, 0.4) is 0 Å². The normalized spacial score (nSPS) is 10.5. The molecule has 0 saturated heterocycles. The fourth-order valence-corrected chi connectivity index (χ4v) is 2.39. The van der Waals surface area contributed by atoms with E-state index in [4.69, 9.17) is 0 Å². The van der Waals surface area contributed by atoms with Gasteiger partial charge in [0.05, 0.1) is 0 Å². The highest BCUT2D eigenvalue weighted by Gasteiger charge is 2.12. The van der Waals surface area contributed by atoms with Gasteiger partial charge in [-0.3, -0.25) is 0 Å². The van der Waals surface area contributed by atoms with Crippen LogP contribution in [0.2, 0.25) is 0 Å². The van der Waals surface area contributed by atoms with Gasteiger partial charge in [-0.05, 0) is 73.2 Å². The predicted molar refractivity (Wildman–Crippen MR) is 85.8 cm³/mol. The molecule has 0 aromatic heterocycles. The van der Waals surface area contributed by atoms with Crippen molar-refractivity contribution in [3.8, 4) is 0 Å². The van der Waals surface area contributed by atoms with Crippen molar-refractivity contribution in [3.63, 3.8) is 0 Å². The first-order valence-electron chi connectivity index (χ1n) is 7.01. The van der Waals surface area contributed by atoms with Crippen LogP contribution in [0, 0.1) is 18.6 Å². The summed E-state index contributed by atoms with van der Waals surface area (Å²) >= 11 is 0. The molecule has 1 nitrogen and oxygen atoms in total. The molecule has 0 atom stereocenters. The smallest absolute Gasteiger partial charge is 0.123 e. The minimum absolute atomic E-state index is 0.285. The Morgan fingerprint density at radius 2 is 1.14 bits per heavy atom. The number of benzene rings is 3. The van der Waals surface area contributed by atoms with Crippen molar-refractivity contribution in [2.24, 2.45) is 0 Å². The lowest BCUT2D eigenvalue weighted by molar-refractivity contribution is 0.628. The van der Waals surface area contributed by atoms with Gasteiger partial charge in [-0.25, -0.2) is 8.78 Å². The molecule has 3 heteroatoms. The molecule has 110 valence electrons. The molecule has 0 N–H and O–H groups in total. The number of hydrogen-bond acceptors (Lipinski definition) is 1. The molecule has 0 fully saturated rings. The van der Waals surface area contributed by atoms with Crippen molar-refractivity contribution < 1.29 is 8.78 Å². The van der Waals surface area contributed by atoms with E-state index >= 15 is 0 Å². The Balaban J connectivity index is 2.13. The van der Waals surface area contributed by atoms with E-state index in [-0.39, 0.29) is 11.6 Å². The van der Waals surface area contributed by atoms with E-state index in [1.807, 2.05) is 36.1 Å². The van der Waals surface area contributed by atoms with Gasteiger partial charge in [0.1, 0.15) is 11.6 Å². The van der Waals surface area contributed by atoms with E-state index in [1.165, 1.54) is 24.3 Å². The SMILES string of the molecule is Cc1cccc(N(c2ccc(F)cc2)c2ccc(F)cc2)c1. The van der Waals surface area contributed by atoms with Crippen LogP contribution < -0.4 is 4.90 Å². The largest absolute Gasteiger partial charge is 0.310 e. The van der Waals surface area contributed by atoms with Crippen LogP contribution in [0.5, 0.6) is 0 Å². The third kappa shape index (κ3) is 2.98. The van der Waals surface area contributed by atoms with Gasteiger partial charge in [0.25, 0.3) is 0 Å². The summed E-state index contributed by atoms with van der Waals surface area (Å²) in [6, 6.07) is 20.5. The molecule has 0 aliphatic heterocycles. The lowest BCUT2D eigenvalue weighted by atomic mass is 10.1. The third-order valence-corrected chi connectivity index (χ3v) is 3.43. The number of aryl methyl sites for hydroxylation is 1. The maximum Gasteiger partial charge on any atom is 0.123 e. The van der Waals surface area contributed by atoms with Gasteiger partial charge < -0.3 is 4.90 Å². The molecule has 0 radical (unpaired) electrons. The molecule has 0 spiro atoms. The summed E-state index contributed by atoms with van der Waals surface area (Å²) in [7, 11) is 0. The quantitative estimate of drug-likeness (QED) is 0.595. The van der Waals surface area contributed by atoms with Crippen molar-refractivity contribution >= 4 is 17.1 Å². The molecule has 3 aromatic rings. The zero-order valence-corrected chi connectivity index (χ0v) is 12.1. The fraction of sp³-hybridized carbons (Fsp3) is 0.0526. The van der Waals surface area contributed by atoms with Crippen LogP contribution in [-0.2, 0) is 0 Å². The summed E-state index contributed by atoms with van der Waals surface area (Å²) < 4.78 is 26.4. The Kier molecular flexibility index (Phi) is 3.88. The van der Waals surface area contributed by atoms with Gasteiger partial charge in [0, 0.05) is 17.1 Å². The lowest BCUT2D eigenvalue weighted by Gasteiger charge is -2.25. The molecule has 0 amide bonds. The van der Waals surface area contributed by atoms with Gasteiger partial charge in [-0.15, -0.1) is 0 Å². The van der Waals surface area contributed by atoms with E-state index in [2.05, 4.69) is 0 Å². The van der Waals surface area contributed by atoms with Crippen molar-refractivity contribution in [1.29, 1.82) is 0 Å². The molecule has 0 aliphatic rings.